The van der Waals surface area contributed by atoms with Crippen LogP contribution >= 0.6 is 0 Å². The van der Waals surface area contributed by atoms with E-state index in [4.69, 9.17) is 0 Å². The van der Waals surface area contributed by atoms with Crippen LogP contribution in [0.2, 0.25) is 0 Å². The SMILES string of the molecule is CC(c1ccc(O)cc1)N(C)C(=O)N(C)C. The quantitative estimate of drug-likeness (QED) is 0.832. The monoisotopic (exact) mass is 222 g/mol. The van der Waals surface area contributed by atoms with Crippen molar-refractivity contribution in [2.24, 2.45) is 0 Å². The van der Waals surface area contributed by atoms with Crippen LogP contribution in [-0.4, -0.2) is 42.1 Å². The molecule has 0 aromatic heterocycles. The normalized spacial score (nSPS) is 12.0. The van der Waals surface area contributed by atoms with Gasteiger partial charge in [0.25, 0.3) is 0 Å². The lowest BCUT2D eigenvalue weighted by Gasteiger charge is -2.28. The fraction of sp³-hybridized carbons (Fsp3) is 0.417. The number of urea groups is 1. The molecule has 0 radical (unpaired) electrons. The molecule has 0 heterocycles. The Hall–Kier alpha value is -1.71. The number of phenolic OH excluding ortho intramolecular Hbond substituents is 1. The lowest BCUT2D eigenvalue weighted by atomic mass is 10.1. The highest BCUT2D eigenvalue weighted by Gasteiger charge is 2.18. The van der Waals surface area contributed by atoms with Crippen molar-refractivity contribution < 1.29 is 9.90 Å². The molecule has 0 fully saturated rings. The summed E-state index contributed by atoms with van der Waals surface area (Å²) in [4.78, 5) is 14.9. The van der Waals surface area contributed by atoms with Gasteiger partial charge in [0, 0.05) is 21.1 Å². The zero-order valence-corrected chi connectivity index (χ0v) is 10.1. The molecule has 0 bridgehead atoms. The Labute approximate surface area is 96.1 Å². The predicted molar refractivity (Wildman–Crippen MR) is 63.4 cm³/mol. The molecule has 4 heteroatoms. The van der Waals surface area contributed by atoms with Gasteiger partial charge < -0.3 is 14.9 Å². The van der Waals surface area contributed by atoms with E-state index in [9.17, 15) is 9.90 Å². The van der Waals surface area contributed by atoms with Gasteiger partial charge in [0.2, 0.25) is 0 Å². The third-order valence-electron chi connectivity index (χ3n) is 2.64. The van der Waals surface area contributed by atoms with Crippen molar-refractivity contribution in [3.8, 4) is 5.75 Å². The zero-order chi connectivity index (χ0) is 12.3. The zero-order valence-electron chi connectivity index (χ0n) is 10.1. The minimum Gasteiger partial charge on any atom is -0.508 e. The third kappa shape index (κ3) is 2.66. The molecular weight excluding hydrogens is 204 g/mol. The van der Waals surface area contributed by atoms with Crippen molar-refractivity contribution in [1.82, 2.24) is 9.80 Å². The molecule has 4 nitrogen and oxygen atoms in total. The summed E-state index contributed by atoms with van der Waals surface area (Å²) in [6, 6.07) is 6.83. The topological polar surface area (TPSA) is 43.8 Å². The van der Waals surface area contributed by atoms with Gasteiger partial charge in [0.05, 0.1) is 6.04 Å². The predicted octanol–water partition coefficient (Wildman–Crippen LogP) is 2.07. The molecule has 2 amide bonds. The summed E-state index contributed by atoms with van der Waals surface area (Å²) in [7, 11) is 5.21. The molecule has 1 unspecified atom stereocenters. The summed E-state index contributed by atoms with van der Waals surface area (Å²) >= 11 is 0. The first kappa shape index (κ1) is 12.4. The molecule has 1 atom stereocenters. The Morgan fingerprint density at radius 3 is 2.12 bits per heavy atom. The van der Waals surface area contributed by atoms with Gasteiger partial charge in [-0.15, -0.1) is 0 Å². The molecule has 1 aromatic carbocycles. The van der Waals surface area contributed by atoms with Crippen LogP contribution in [0.1, 0.15) is 18.5 Å². The van der Waals surface area contributed by atoms with Crippen LogP contribution < -0.4 is 0 Å². The molecule has 1 aromatic rings. The average molecular weight is 222 g/mol. The fourth-order valence-corrected chi connectivity index (χ4v) is 1.46. The van der Waals surface area contributed by atoms with Crippen LogP contribution in [0.15, 0.2) is 24.3 Å². The van der Waals surface area contributed by atoms with Crippen molar-refractivity contribution in [2.45, 2.75) is 13.0 Å². The van der Waals surface area contributed by atoms with E-state index in [-0.39, 0.29) is 17.8 Å². The van der Waals surface area contributed by atoms with Gasteiger partial charge in [-0.2, -0.15) is 0 Å². The second-order valence-corrected chi connectivity index (χ2v) is 4.06. The number of aromatic hydroxyl groups is 1. The summed E-state index contributed by atoms with van der Waals surface area (Å²) in [5, 5.41) is 9.19. The van der Waals surface area contributed by atoms with Crippen LogP contribution in [0.3, 0.4) is 0 Å². The molecule has 0 aliphatic heterocycles. The number of benzene rings is 1. The summed E-state index contributed by atoms with van der Waals surface area (Å²) in [5.74, 6) is 0.234. The van der Waals surface area contributed by atoms with Crippen molar-refractivity contribution >= 4 is 6.03 Å². The smallest absolute Gasteiger partial charge is 0.319 e. The van der Waals surface area contributed by atoms with Gasteiger partial charge in [-0.05, 0) is 24.6 Å². The molecule has 16 heavy (non-hydrogen) atoms. The highest BCUT2D eigenvalue weighted by atomic mass is 16.3. The third-order valence-corrected chi connectivity index (χ3v) is 2.64. The Morgan fingerprint density at radius 2 is 1.69 bits per heavy atom. The number of carbonyl (C=O) groups is 1. The van der Waals surface area contributed by atoms with Crippen molar-refractivity contribution in [2.75, 3.05) is 21.1 Å². The molecule has 88 valence electrons. The molecule has 0 saturated heterocycles. The second-order valence-electron chi connectivity index (χ2n) is 4.06. The first-order valence-corrected chi connectivity index (χ1v) is 5.16. The lowest BCUT2D eigenvalue weighted by Crippen LogP contribution is -2.37. The number of carbonyl (C=O) groups excluding carboxylic acids is 1. The molecule has 1 rings (SSSR count). The average Bonchev–Trinajstić information content (AvgIpc) is 2.27. The Bertz CT molecular complexity index is 360. The van der Waals surface area contributed by atoms with E-state index >= 15 is 0 Å². The largest absolute Gasteiger partial charge is 0.508 e. The molecular formula is C12H18N2O2. The number of hydrogen-bond donors (Lipinski definition) is 1. The maximum absolute atomic E-state index is 11.7. The van der Waals surface area contributed by atoms with E-state index < -0.39 is 0 Å². The number of phenols is 1. The van der Waals surface area contributed by atoms with Crippen LogP contribution in [0.4, 0.5) is 4.79 Å². The molecule has 1 N–H and O–H groups in total. The van der Waals surface area contributed by atoms with Gasteiger partial charge in [-0.25, -0.2) is 4.79 Å². The first-order valence-electron chi connectivity index (χ1n) is 5.16. The highest BCUT2D eigenvalue weighted by molar-refractivity contribution is 5.74. The Morgan fingerprint density at radius 1 is 1.19 bits per heavy atom. The maximum Gasteiger partial charge on any atom is 0.319 e. The van der Waals surface area contributed by atoms with Gasteiger partial charge in [0.1, 0.15) is 5.75 Å². The van der Waals surface area contributed by atoms with Gasteiger partial charge >= 0.3 is 6.03 Å². The number of nitrogens with zero attached hydrogens (tertiary/aromatic N) is 2. The number of hydrogen-bond acceptors (Lipinski definition) is 2. The van der Waals surface area contributed by atoms with Crippen molar-refractivity contribution in [1.29, 1.82) is 0 Å². The number of rotatable bonds is 2. The van der Waals surface area contributed by atoms with Crippen molar-refractivity contribution in [3.63, 3.8) is 0 Å². The van der Waals surface area contributed by atoms with E-state index in [0.29, 0.717) is 0 Å². The Balaban J connectivity index is 2.81. The second kappa shape index (κ2) is 4.88. The van der Waals surface area contributed by atoms with E-state index in [0.717, 1.165) is 5.56 Å². The van der Waals surface area contributed by atoms with Crippen LogP contribution in [-0.2, 0) is 0 Å². The van der Waals surface area contributed by atoms with Gasteiger partial charge in [-0.3, -0.25) is 0 Å². The highest BCUT2D eigenvalue weighted by Crippen LogP contribution is 2.21. The summed E-state index contributed by atoms with van der Waals surface area (Å²) in [6.45, 7) is 1.95. The van der Waals surface area contributed by atoms with Crippen LogP contribution in [0, 0.1) is 0 Å². The standard InChI is InChI=1S/C12H18N2O2/c1-9(14(4)12(16)13(2)3)10-5-7-11(15)8-6-10/h5-9,15H,1-4H3. The minimum absolute atomic E-state index is 0.0181. The molecule has 0 aliphatic carbocycles. The van der Waals surface area contributed by atoms with E-state index in [1.165, 1.54) is 4.90 Å². The first-order chi connectivity index (χ1) is 7.43. The van der Waals surface area contributed by atoms with Crippen LogP contribution in [0.5, 0.6) is 5.75 Å². The molecule has 0 aliphatic rings. The van der Waals surface area contributed by atoms with Crippen molar-refractivity contribution in [3.05, 3.63) is 29.8 Å². The fourth-order valence-electron chi connectivity index (χ4n) is 1.46. The van der Waals surface area contributed by atoms with E-state index in [2.05, 4.69) is 0 Å². The minimum atomic E-state index is -0.0411. The molecule has 0 spiro atoms. The molecule has 0 saturated carbocycles. The summed E-state index contributed by atoms with van der Waals surface area (Å²) in [6.07, 6.45) is 0. The summed E-state index contributed by atoms with van der Waals surface area (Å²) < 4.78 is 0. The number of amides is 2. The van der Waals surface area contributed by atoms with Crippen LogP contribution in [0.25, 0.3) is 0 Å². The van der Waals surface area contributed by atoms with Gasteiger partial charge in [-0.1, -0.05) is 12.1 Å². The lowest BCUT2D eigenvalue weighted by molar-refractivity contribution is 0.167. The van der Waals surface area contributed by atoms with Gasteiger partial charge in [0.15, 0.2) is 0 Å². The van der Waals surface area contributed by atoms with E-state index in [1.807, 2.05) is 19.1 Å². The maximum atomic E-state index is 11.7. The summed E-state index contributed by atoms with van der Waals surface area (Å²) in [5.41, 5.74) is 0.996. The Kier molecular flexibility index (Phi) is 3.77. The van der Waals surface area contributed by atoms with E-state index in [1.54, 1.807) is 38.2 Å².